The standard InChI is InChI=1S/C14H29NO3/c1-2-3-4-5-6-7-8-9-15-12(10-16)14(18)13(15)11-17/h12-14,16-18H,2-11H2,1H3/t12-,13?,14?/m1/s1. The second-order valence-corrected chi connectivity index (χ2v) is 5.35. The van der Waals surface area contributed by atoms with Crippen molar-refractivity contribution in [1.29, 1.82) is 0 Å². The molecule has 4 heteroatoms. The van der Waals surface area contributed by atoms with Crippen LogP contribution in [0.5, 0.6) is 0 Å². The molecule has 0 aromatic heterocycles. The summed E-state index contributed by atoms with van der Waals surface area (Å²) >= 11 is 0. The van der Waals surface area contributed by atoms with Crippen LogP contribution in [0.4, 0.5) is 0 Å². The van der Waals surface area contributed by atoms with Crippen LogP contribution in [-0.2, 0) is 0 Å². The van der Waals surface area contributed by atoms with Crippen LogP contribution in [0, 0.1) is 0 Å². The molecule has 0 aromatic rings. The van der Waals surface area contributed by atoms with Crippen LogP contribution in [-0.4, -0.2) is 58.2 Å². The van der Waals surface area contributed by atoms with E-state index in [9.17, 15) is 5.11 Å². The van der Waals surface area contributed by atoms with Crippen LogP contribution in [0.15, 0.2) is 0 Å². The Morgan fingerprint density at radius 2 is 1.33 bits per heavy atom. The maximum absolute atomic E-state index is 9.68. The normalized spacial score (nSPS) is 28.3. The molecular weight excluding hydrogens is 230 g/mol. The summed E-state index contributed by atoms with van der Waals surface area (Å²) in [4.78, 5) is 2.04. The van der Waals surface area contributed by atoms with Crippen molar-refractivity contribution < 1.29 is 15.3 Å². The monoisotopic (exact) mass is 259 g/mol. The predicted octanol–water partition coefficient (Wildman–Crippen LogP) is 1.14. The van der Waals surface area contributed by atoms with E-state index in [2.05, 4.69) is 6.92 Å². The Hall–Kier alpha value is -0.160. The lowest BCUT2D eigenvalue weighted by atomic mass is 9.89. The van der Waals surface area contributed by atoms with E-state index in [1.165, 1.54) is 38.5 Å². The van der Waals surface area contributed by atoms with E-state index in [1.54, 1.807) is 0 Å². The van der Waals surface area contributed by atoms with Gasteiger partial charge in [-0.2, -0.15) is 0 Å². The third kappa shape index (κ3) is 4.19. The Morgan fingerprint density at radius 3 is 1.83 bits per heavy atom. The molecule has 1 rings (SSSR count). The zero-order chi connectivity index (χ0) is 13.4. The third-order valence-corrected chi connectivity index (χ3v) is 4.03. The molecule has 1 saturated heterocycles. The Labute approximate surface area is 111 Å². The molecule has 0 saturated carbocycles. The van der Waals surface area contributed by atoms with Gasteiger partial charge in [0.1, 0.15) is 0 Å². The van der Waals surface area contributed by atoms with Crippen LogP contribution in [0.1, 0.15) is 51.9 Å². The fourth-order valence-corrected chi connectivity index (χ4v) is 2.80. The number of aliphatic hydroxyl groups excluding tert-OH is 3. The van der Waals surface area contributed by atoms with Gasteiger partial charge in [-0.05, 0) is 13.0 Å². The van der Waals surface area contributed by atoms with Crippen molar-refractivity contribution in [3.8, 4) is 0 Å². The molecule has 1 aliphatic rings. The topological polar surface area (TPSA) is 63.9 Å². The highest BCUT2D eigenvalue weighted by Crippen LogP contribution is 2.26. The van der Waals surface area contributed by atoms with Crippen LogP contribution < -0.4 is 0 Å². The van der Waals surface area contributed by atoms with Gasteiger partial charge in [0.05, 0.1) is 31.4 Å². The molecule has 3 atom stereocenters. The summed E-state index contributed by atoms with van der Waals surface area (Å²) in [5.41, 5.74) is 0. The Kier molecular flexibility index (Phi) is 7.82. The fourth-order valence-electron chi connectivity index (χ4n) is 2.80. The molecule has 1 aliphatic heterocycles. The molecule has 4 nitrogen and oxygen atoms in total. The Morgan fingerprint density at radius 1 is 0.833 bits per heavy atom. The summed E-state index contributed by atoms with van der Waals surface area (Å²) in [7, 11) is 0. The molecular formula is C14H29NO3. The first-order valence-electron chi connectivity index (χ1n) is 7.41. The number of nitrogens with zero attached hydrogens (tertiary/aromatic N) is 1. The van der Waals surface area contributed by atoms with Crippen LogP contribution >= 0.6 is 0 Å². The molecule has 0 spiro atoms. The number of hydrogen-bond donors (Lipinski definition) is 3. The van der Waals surface area contributed by atoms with Gasteiger partial charge in [0.2, 0.25) is 0 Å². The minimum absolute atomic E-state index is 0.0197. The quantitative estimate of drug-likeness (QED) is 0.515. The molecule has 2 unspecified atom stereocenters. The van der Waals surface area contributed by atoms with Crippen molar-refractivity contribution >= 4 is 0 Å². The zero-order valence-corrected chi connectivity index (χ0v) is 11.6. The largest absolute Gasteiger partial charge is 0.395 e. The maximum atomic E-state index is 9.68. The molecule has 0 radical (unpaired) electrons. The van der Waals surface area contributed by atoms with Gasteiger partial charge in [0, 0.05) is 0 Å². The molecule has 18 heavy (non-hydrogen) atoms. The number of hydrogen-bond acceptors (Lipinski definition) is 4. The first-order valence-corrected chi connectivity index (χ1v) is 7.41. The Balaban J connectivity index is 2.07. The van der Waals surface area contributed by atoms with Crippen LogP contribution in [0.3, 0.4) is 0 Å². The molecule has 0 bridgehead atoms. The van der Waals surface area contributed by atoms with Crippen molar-refractivity contribution in [2.75, 3.05) is 19.8 Å². The van der Waals surface area contributed by atoms with E-state index >= 15 is 0 Å². The highest BCUT2D eigenvalue weighted by atomic mass is 16.3. The summed E-state index contributed by atoms with van der Waals surface area (Å²) in [6, 6.07) is -0.329. The molecule has 1 heterocycles. The lowest BCUT2D eigenvalue weighted by Gasteiger charge is -2.51. The second kappa shape index (κ2) is 8.86. The smallest absolute Gasteiger partial charge is 0.0895 e. The SMILES string of the molecule is CCCCCCCCCN1C(CO)C(O)[C@H]1CO. The van der Waals surface area contributed by atoms with E-state index in [-0.39, 0.29) is 25.3 Å². The van der Waals surface area contributed by atoms with Crippen molar-refractivity contribution in [1.82, 2.24) is 4.90 Å². The number of likely N-dealkylation sites (tertiary alicyclic amines) is 1. The highest BCUT2D eigenvalue weighted by Gasteiger charge is 2.45. The summed E-state index contributed by atoms with van der Waals surface area (Å²) in [5, 5.41) is 28.0. The molecule has 108 valence electrons. The first kappa shape index (κ1) is 15.9. The molecule has 0 aromatic carbocycles. The minimum atomic E-state index is -0.565. The molecule has 3 N–H and O–H groups in total. The van der Waals surface area contributed by atoms with Gasteiger partial charge in [0.15, 0.2) is 0 Å². The summed E-state index contributed by atoms with van der Waals surface area (Å²) in [6.07, 6.45) is 8.24. The number of aliphatic hydroxyl groups is 3. The average molecular weight is 259 g/mol. The lowest BCUT2D eigenvalue weighted by Crippen LogP contribution is -2.70. The second-order valence-electron chi connectivity index (χ2n) is 5.35. The minimum Gasteiger partial charge on any atom is -0.395 e. The lowest BCUT2D eigenvalue weighted by molar-refractivity contribution is -0.148. The van der Waals surface area contributed by atoms with Gasteiger partial charge >= 0.3 is 0 Å². The highest BCUT2D eigenvalue weighted by molar-refractivity contribution is 5.00. The van der Waals surface area contributed by atoms with Crippen molar-refractivity contribution in [3.63, 3.8) is 0 Å². The van der Waals surface area contributed by atoms with Gasteiger partial charge in [-0.15, -0.1) is 0 Å². The van der Waals surface area contributed by atoms with E-state index in [4.69, 9.17) is 10.2 Å². The van der Waals surface area contributed by atoms with E-state index in [1.807, 2.05) is 4.90 Å². The van der Waals surface area contributed by atoms with Gasteiger partial charge in [0.25, 0.3) is 0 Å². The average Bonchev–Trinajstić information content (AvgIpc) is 2.37. The summed E-state index contributed by atoms with van der Waals surface area (Å²) in [6.45, 7) is 3.06. The van der Waals surface area contributed by atoms with E-state index in [0.29, 0.717) is 0 Å². The van der Waals surface area contributed by atoms with Gasteiger partial charge in [-0.25, -0.2) is 0 Å². The predicted molar refractivity (Wildman–Crippen MR) is 72.5 cm³/mol. The van der Waals surface area contributed by atoms with E-state index in [0.717, 1.165) is 13.0 Å². The number of rotatable bonds is 10. The zero-order valence-electron chi connectivity index (χ0n) is 11.6. The Bertz CT molecular complexity index is 201. The fraction of sp³-hybridized carbons (Fsp3) is 1.00. The van der Waals surface area contributed by atoms with Gasteiger partial charge in [-0.1, -0.05) is 45.4 Å². The van der Waals surface area contributed by atoms with E-state index < -0.39 is 6.10 Å². The molecule has 0 aliphatic carbocycles. The van der Waals surface area contributed by atoms with Crippen molar-refractivity contribution in [3.05, 3.63) is 0 Å². The third-order valence-electron chi connectivity index (χ3n) is 4.03. The van der Waals surface area contributed by atoms with Crippen molar-refractivity contribution in [2.45, 2.75) is 70.1 Å². The van der Waals surface area contributed by atoms with Gasteiger partial charge in [-0.3, -0.25) is 4.90 Å². The number of unbranched alkanes of at least 4 members (excludes halogenated alkanes) is 6. The molecule has 0 amide bonds. The maximum Gasteiger partial charge on any atom is 0.0895 e. The van der Waals surface area contributed by atoms with Crippen LogP contribution in [0.25, 0.3) is 0 Å². The van der Waals surface area contributed by atoms with Gasteiger partial charge < -0.3 is 15.3 Å². The summed E-state index contributed by atoms with van der Waals surface area (Å²) in [5.74, 6) is 0. The first-order chi connectivity index (χ1) is 8.76. The summed E-state index contributed by atoms with van der Waals surface area (Å²) < 4.78 is 0. The van der Waals surface area contributed by atoms with Crippen molar-refractivity contribution in [2.24, 2.45) is 0 Å². The van der Waals surface area contributed by atoms with Crippen LogP contribution in [0.2, 0.25) is 0 Å². The molecule has 1 fully saturated rings.